The third-order valence-corrected chi connectivity index (χ3v) is 8.53. The molecule has 3 saturated heterocycles. The topological polar surface area (TPSA) is 50.8 Å². The third-order valence-electron chi connectivity index (χ3n) is 8.53. The van der Waals surface area contributed by atoms with Crippen molar-refractivity contribution in [2.45, 2.75) is 70.6 Å². The molecule has 4 fully saturated rings. The van der Waals surface area contributed by atoms with Crippen molar-refractivity contribution in [3.8, 4) is 16.9 Å². The highest BCUT2D eigenvalue weighted by Gasteiger charge is 2.53. The van der Waals surface area contributed by atoms with Gasteiger partial charge in [0.05, 0.1) is 12.1 Å². The molecule has 1 amide bonds. The predicted molar refractivity (Wildman–Crippen MR) is 133 cm³/mol. The molecule has 34 heavy (non-hydrogen) atoms. The van der Waals surface area contributed by atoms with Crippen LogP contribution in [0.25, 0.3) is 11.1 Å². The zero-order valence-electron chi connectivity index (χ0n) is 20.4. The summed E-state index contributed by atoms with van der Waals surface area (Å²) in [5, 5.41) is 3.32. The van der Waals surface area contributed by atoms with E-state index in [2.05, 4.69) is 40.5 Å². The fourth-order valence-corrected chi connectivity index (χ4v) is 6.40. The monoisotopic (exact) mass is 460 g/mol. The lowest BCUT2D eigenvalue weighted by Gasteiger charge is -2.44. The second-order valence-corrected chi connectivity index (χ2v) is 11.1. The van der Waals surface area contributed by atoms with Gasteiger partial charge in [-0.2, -0.15) is 0 Å². The SMILES string of the molecule is CC(C)Oc1ccc(-c2ccc3c(c2)CCC2(CC2)C3NC(=O)O[C@@H]2CN3CCC2CC3)cc1. The predicted octanol–water partition coefficient (Wildman–Crippen LogP) is 5.73. The zero-order chi connectivity index (χ0) is 23.3. The average molecular weight is 461 g/mol. The van der Waals surface area contributed by atoms with Gasteiger partial charge in [-0.1, -0.05) is 30.3 Å². The molecule has 2 atom stereocenters. The Labute approximate surface area is 202 Å². The van der Waals surface area contributed by atoms with Crippen LogP contribution in [0.15, 0.2) is 42.5 Å². The van der Waals surface area contributed by atoms with Crippen LogP contribution < -0.4 is 10.1 Å². The van der Waals surface area contributed by atoms with E-state index in [-0.39, 0.29) is 29.8 Å². The van der Waals surface area contributed by atoms with E-state index in [1.807, 2.05) is 26.0 Å². The van der Waals surface area contributed by atoms with Gasteiger partial charge in [0, 0.05) is 6.54 Å². The summed E-state index contributed by atoms with van der Waals surface area (Å²) in [7, 11) is 0. The van der Waals surface area contributed by atoms with E-state index >= 15 is 0 Å². The Morgan fingerprint density at radius 3 is 2.41 bits per heavy atom. The summed E-state index contributed by atoms with van der Waals surface area (Å²) in [6.45, 7) is 7.29. The molecule has 2 bridgehead atoms. The van der Waals surface area contributed by atoms with E-state index in [1.165, 1.54) is 35.1 Å². The molecule has 5 nitrogen and oxygen atoms in total. The molecule has 5 aliphatic rings. The van der Waals surface area contributed by atoms with Crippen molar-refractivity contribution in [2.24, 2.45) is 11.3 Å². The maximum atomic E-state index is 13.0. The second kappa shape index (κ2) is 8.60. The molecular weight excluding hydrogens is 424 g/mol. The van der Waals surface area contributed by atoms with Crippen LogP contribution >= 0.6 is 0 Å². The third kappa shape index (κ3) is 4.19. The molecule has 3 aliphatic heterocycles. The smallest absolute Gasteiger partial charge is 0.407 e. The van der Waals surface area contributed by atoms with E-state index in [9.17, 15) is 4.79 Å². The van der Waals surface area contributed by atoms with Crippen LogP contribution in [0.1, 0.15) is 63.1 Å². The first-order chi connectivity index (χ1) is 16.5. The second-order valence-electron chi connectivity index (χ2n) is 11.1. The summed E-state index contributed by atoms with van der Waals surface area (Å²) in [5.74, 6) is 1.43. The summed E-state index contributed by atoms with van der Waals surface area (Å²) in [6.07, 6.45) is 6.89. The fourth-order valence-electron chi connectivity index (χ4n) is 6.40. The van der Waals surface area contributed by atoms with E-state index in [0.717, 1.165) is 51.1 Å². The number of fused-ring (bicyclic) bond motifs is 4. The van der Waals surface area contributed by atoms with Gasteiger partial charge in [-0.05, 0) is 111 Å². The van der Waals surface area contributed by atoms with Gasteiger partial charge >= 0.3 is 6.09 Å². The Balaban J connectivity index is 1.19. The summed E-state index contributed by atoms with van der Waals surface area (Å²) in [6, 6.07) is 15.2. The Morgan fingerprint density at radius 2 is 1.76 bits per heavy atom. The normalized spacial score (nSPS) is 28.4. The number of benzene rings is 2. The van der Waals surface area contributed by atoms with Gasteiger partial charge in [0.25, 0.3) is 0 Å². The van der Waals surface area contributed by atoms with Crippen LogP contribution in [0, 0.1) is 11.3 Å². The summed E-state index contributed by atoms with van der Waals surface area (Å²) in [5.41, 5.74) is 5.26. The molecule has 1 spiro atoms. The highest BCUT2D eigenvalue weighted by Crippen LogP contribution is 2.61. The van der Waals surface area contributed by atoms with Gasteiger partial charge in [-0.15, -0.1) is 0 Å². The minimum absolute atomic E-state index is 0.0470. The highest BCUT2D eigenvalue weighted by molar-refractivity contribution is 5.70. The lowest BCUT2D eigenvalue weighted by atomic mass is 9.76. The first-order valence-corrected chi connectivity index (χ1v) is 13.1. The summed E-state index contributed by atoms with van der Waals surface area (Å²) in [4.78, 5) is 15.4. The number of nitrogens with one attached hydrogen (secondary N) is 1. The number of alkyl carbamates (subject to hydrolysis) is 1. The Hall–Kier alpha value is -2.53. The minimum Gasteiger partial charge on any atom is -0.491 e. The van der Waals surface area contributed by atoms with Gasteiger partial charge < -0.3 is 14.8 Å². The van der Waals surface area contributed by atoms with Gasteiger partial charge in [0.15, 0.2) is 0 Å². The van der Waals surface area contributed by atoms with Crippen LogP contribution in [0.4, 0.5) is 4.79 Å². The lowest BCUT2D eigenvalue weighted by molar-refractivity contribution is -0.0347. The molecule has 2 aliphatic carbocycles. The number of aryl methyl sites for hydroxylation is 1. The standard InChI is InChI=1S/C29H36N2O3/c1-19(2)33-24-6-3-20(4-7-24)22-5-8-25-23(17-22)9-12-29(13-14-29)27(25)30-28(32)34-26-18-31-15-10-21(26)11-16-31/h3-8,17,19,21,26-27H,9-16,18H2,1-2H3,(H,30,32)/t26-,27?/m1/s1. The van der Waals surface area contributed by atoms with E-state index in [0.29, 0.717) is 5.92 Å². The maximum Gasteiger partial charge on any atom is 0.407 e. The number of hydrogen-bond acceptors (Lipinski definition) is 4. The molecule has 3 heterocycles. The first-order valence-electron chi connectivity index (χ1n) is 13.1. The number of amides is 1. The molecule has 1 unspecified atom stereocenters. The van der Waals surface area contributed by atoms with Gasteiger partial charge in [0.2, 0.25) is 0 Å². The molecule has 0 aromatic heterocycles. The number of hydrogen-bond donors (Lipinski definition) is 1. The number of nitrogens with zero attached hydrogens (tertiary/aromatic N) is 1. The Bertz CT molecular complexity index is 1050. The quantitative estimate of drug-likeness (QED) is 0.619. The van der Waals surface area contributed by atoms with Crippen molar-refractivity contribution in [3.05, 3.63) is 53.6 Å². The number of ether oxygens (including phenoxy) is 2. The zero-order valence-corrected chi connectivity index (χ0v) is 20.4. The molecule has 0 radical (unpaired) electrons. The molecule has 2 aromatic rings. The van der Waals surface area contributed by atoms with Crippen molar-refractivity contribution in [1.29, 1.82) is 0 Å². The highest BCUT2D eigenvalue weighted by atomic mass is 16.6. The molecule has 5 heteroatoms. The van der Waals surface area contributed by atoms with Crippen molar-refractivity contribution in [3.63, 3.8) is 0 Å². The number of carbonyl (C=O) groups excluding carboxylic acids is 1. The summed E-state index contributed by atoms with van der Waals surface area (Å²) >= 11 is 0. The summed E-state index contributed by atoms with van der Waals surface area (Å²) < 4.78 is 11.8. The molecule has 1 saturated carbocycles. The van der Waals surface area contributed by atoms with Crippen molar-refractivity contribution in [2.75, 3.05) is 19.6 Å². The van der Waals surface area contributed by atoms with Gasteiger partial charge in [0.1, 0.15) is 11.9 Å². The van der Waals surface area contributed by atoms with Crippen LogP contribution in [-0.2, 0) is 11.2 Å². The maximum absolute atomic E-state index is 13.0. The van der Waals surface area contributed by atoms with Crippen LogP contribution in [0.5, 0.6) is 5.75 Å². The molecular formula is C29H36N2O3. The minimum atomic E-state index is -0.229. The van der Waals surface area contributed by atoms with Crippen LogP contribution in [0.3, 0.4) is 0 Å². The van der Waals surface area contributed by atoms with E-state index in [1.54, 1.807) is 0 Å². The molecule has 180 valence electrons. The number of carbonyl (C=O) groups is 1. The molecule has 7 rings (SSSR count). The molecule has 2 aromatic carbocycles. The Kier molecular flexibility index (Phi) is 5.56. The lowest BCUT2D eigenvalue weighted by Crippen LogP contribution is -2.53. The van der Waals surface area contributed by atoms with Crippen LogP contribution in [0.2, 0.25) is 0 Å². The van der Waals surface area contributed by atoms with E-state index in [4.69, 9.17) is 9.47 Å². The van der Waals surface area contributed by atoms with Gasteiger partial charge in [-0.3, -0.25) is 4.90 Å². The van der Waals surface area contributed by atoms with Crippen molar-refractivity contribution < 1.29 is 14.3 Å². The van der Waals surface area contributed by atoms with Gasteiger partial charge in [-0.25, -0.2) is 4.79 Å². The fraction of sp³-hybridized carbons (Fsp3) is 0.552. The average Bonchev–Trinajstić information content (AvgIpc) is 3.62. The first kappa shape index (κ1) is 22.0. The van der Waals surface area contributed by atoms with Crippen molar-refractivity contribution >= 4 is 6.09 Å². The largest absolute Gasteiger partial charge is 0.491 e. The number of piperidine rings is 3. The molecule has 1 N–H and O–H groups in total. The van der Waals surface area contributed by atoms with Crippen LogP contribution in [-0.4, -0.2) is 42.8 Å². The number of rotatable bonds is 5. The van der Waals surface area contributed by atoms with Crippen molar-refractivity contribution in [1.82, 2.24) is 10.2 Å². The Morgan fingerprint density at radius 1 is 1.03 bits per heavy atom. The van der Waals surface area contributed by atoms with E-state index < -0.39 is 0 Å².